The Morgan fingerprint density at radius 3 is 2.57 bits per heavy atom. The minimum Gasteiger partial charge on any atom is -0.493 e. The maximum absolute atomic E-state index is 6.13. The van der Waals surface area contributed by atoms with E-state index < -0.39 is 0 Å². The van der Waals surface area contributed by atoms with Crippen molar-refractivity contribution in [2.45, 2.75) is 39.8 Å². The SMILES string of the molecule is CCCOCCOc1c(CNC(C)C)cc(Cl)cc1OC. The predicted octanol–water partition coefficient (Wildman–Crippen LogP) is 3.65. The van der Waals surface area contributed by atoms with E-state index >= 15 is 0 Å². The lowest BCUT2D eigenvalue weighted by atomic mass is 10.1. The summed E-state index contributed by atoms with van der Waals surface area (Å²) in [4.78, 5) is 0. The third-order valence-corrected chi connectivity index (χ3v) is 3.06. The largest absolute Gasteiger partial charge is 0.493 e. The van der Waals surface area contributed by atoms with Crippen molar-refractivity contribution in [3.63, 3.8) is 0 Å². The molecule has 0 bridgehead atoms. The van der Waals surface area contributed by atoms with Crippen molar-refractivity contribution in [2.75, 3.05) is 26.9 Å². The highest BCUT2D eigenvalue weighted by Gasteiger charge is 2.13. The first-order valence-electron chi connectivity index (χ1n) is 7.38. The monoisotopic (exact) mass is 315 g/mol. The molecule has 0 aliphatic heterocycles. The van der Waals surface area contributed by atoms with Gasteiger partial charge in [0.15, 0.2) is 11.5 Å². The van der Waals surface area contributed by atoms with Crippen molar-refractivity contribution in [3.05, 3.63) is 22.7 Å². The average molecular weight is 316 g/mol. The minimum atomic E-state index is 0.385. The lowest BCUT2D eigenvalue weighted by molar-refractivity contribution is 0.0991. The highest BCUT2D eigenvalue weighted by atomic mass is 35.5. The Morgan fingerprint density at radius 2 is 1.95 bits per heavy atom. The Balaban J connectivity index is 2.76. The average Bonchev–Trinajstić information content (AvgIpc) is 2.45. The number of hydrogen-bond donors (Lipinski definition) is 1. The topological polar surface area (TPSA) is 39.7 Å². The molecule has 120 valence electrons. The zero-order chi connectivity index (χ0) is 15.7. The lowest BCUT2D eigenvalue weighted by Gasteiger charge is -2.17. The molecular weight excluding hydrogens is 290 g/mol. The number of ether oxygens (including phenoxy) is 3. The molecule has 0 aromatic heterocycles. The summed E-state index contributed by atoms with van der Waals surface area (Å²) in [5.74, 6) is 1.38. The number of hydrogen-bond acceptors (Lipinski definition) is 4. The van der Waals surface area contributed by atoms with Gasteiger partial charge in [-0.2, -0.15) is 0 Å². The molecule has 5 heteroatoms. The number of rotatable bonds is 10. The van der Waals surface area contributed by atoms with Crippen molar-refractivity contribution < 1.29 is 14.2 Å². The van der Waals surface area contributed by atoms with Gasteiger partial charge < -0.3 is 19.5 Å². The highest BCUT2D eigenvalue weighted by Crippen LogP contribution is 2.34. The van der Waals surface area contributed by atoms with E-state index in [2.05, 4.69) is 26.1 Å². The fourth-order valence-corrected chi connectivity index (χ4v) is 2.06. The second-order valence-corrected chi connectivity index (χ2v) is 5.53. The van der Waals surface area contributed by atoms with E-state index in [9.17, 15) is 0 Å². The van der Waals surface area contributed by atoms with Crippen LogP contribution < -0.4 is 14.8 Å². The second kappa shape index (κ2) is 9.87. The predicted molar refractivity (Wildman–Crippen MR) is 86.6 cm³/mol. The molecule has 0 atom stereocenters. The van der Waals surface area contributed by atoms with E-state index in [0.717, 1.165) is 24.3 Å². The van der Waals surface area contributed by atoms with E-state index in [1.807, 2.05) is 6.07 Å². The van der Waals surface area contributed by atoms with Gasteiger partial charge in [-0.15, -0.1) is 0 Å². The summed E-state index contributed by atoms with van der Waals surface area (Å²) in [5, 5.41) is 4.01. The van der Waals surface area contributed by atoms with Crippen molar-refractivity contribution in [2.24, 2.45) is 0 Å². The highest BCUT2D eigenvalue weighted by molar-refractivity contribution is 6.30. The molecule has 1 aromatic rings. The molecule has 0 saturated carbocycles. The molecule has 0 aliphatic rings. The molecule has 4 nitrogen and oxygen atoms in total. The Hall–Kier alpha value is -0.970. The van der Waals surface area contributed by atoms with Crippen molar-refractivity contribution >= 4 is 11.6 Å². The van der Waals surface area contributed by atoms with Crippen LogP contribution in [0, 0.1) is 0 Å². The molecule has 0 heterocycles. The summed E-state index contributed by atoms with van der Waals surface area (Å²) in [6.45, 7) is 8.77. The molecule has 1 N–H and O–H groups in total. The maximum atomic E-state index is 6.13. The Kier molecular flexibility index (Phi) is 8.50. The second-order valence-electron chi connectivity index (χ2n) is 5.09. The summed E-state index contributed by atoms with van der Waals surface area (Å²) in [5.41, 5.74) is 0.989. The van der Waals surface area contributed by atoms with Crippen LogP contribution >= 0.6 is 11.6 Å². The molecule has 1 rings (SSSR count). The van der Waals surface area contributed by atoms with Gasteiger partial charge in [-0.3, -0.25) is 0 Å². The lowest BCUT2D eigenvalue weighted by Crippen LogP contribution is -2.22. The molecule has 0 saturated heterocycles. The van der Waals surface area contributed by atoms with Gasteiger partial charge in [0.25, 0.3) is 0 Å². The van der Waals surface area contributed by atoms with Crippen LogP contribution in [0.3, 0.4) is 0 Å². The van der Waals surface area contributed by atoms with E-state index in [0.29, 0.717) is 36.6 Å². The van der Waals surface area contributed by atoms with Crippen molar-refractivity contribution in [1.82, 2.24) is 5.32 Å². The van der Waals surface area contributed by atoms with Crippen LogP contribution in [0.4, 0.5) is 0 Å². The van der Waals surface area contributed by atoms with E-state index in [1.54, 1.807) is 13.2 Å². The first-order chi connectivity index (χ1) is 10.1. The summed E-state index contributed by atoms with van der Waals surface area (Å²) >= 11 is 6.13. The van der Waals surface area contributed by atoms with Gasteiger partial charge in [0.05, 0.1) is 13.7 Å². The Bertz CT molecular complexity index is 424. The van der Waals surface area contributed by atoms with Crippen LogP contribution in [-0.4, -0.2) is 33.0 Å². The molecule has 0 unspecified atom stereocenters. The van der Waals surface area contributed by atoms with Gasteiger partial charge in [-0.1, -0.05) is 32.4 Å². The minimum absolute atomic E-state index is 0.385. The zero-order valence-electron chi connectivity index (χ0n) is 13.4. The number of methoxy groups -OCH3 is 1. The number of nitrogens with one attached hydrogen (secondary N) is 1. The van der Waals surface area contributed by atoms with Gasteiger partial charge in [-0.05, 0) is 12.5 Å². The number of benzene rings is 1. The fraction of sp³-hybridized carbons (Fsp3) is 0.625. The third-order valence-electron chi connectivity index (χ3n) is 2.84. The van der Waals surface area contributed by atoms with E-state index in [-0.39, 0.29) is 0 Å². The smallest absolute Gasteiger partial charge is 0.165 e. The van der Waals surface area contributed by atoms with Crippen LogP contribution in [-0.2, 0) is 11.3 Å². The van der Waals surface area contributed by atoms with E-state index in [1.165, 1.54) is 0 Å². The molecule has 21 heavy (non-hydrogen) atoms. The van der Waals surface area contributed by atoms with E-state index in [4.69, 9.17) is 25.8 Å². The van der Waals surface area contributed by atoms with Gasteiger partial charge in [0, 0.05) is 35.8 Å². The molecule has 0 spiro atoms. The Morgan fingerprint density at radius 1 is 1.19 bits per heavy atom. The molecule has 0 amide bonds. The molecule has 1 aromatic carbocycles. The van der Waals surface area contributed by atoms with Crippen molar-refractivity contribution in [3.8, 4) is 11.5 Å². The summed E-state index contributed by atoms with van der Waals surface area (Å²) in [6, 6.07) is 4.06. The Labute approximate surface area is 132 Å². The quantitative estimate of drug-likeness (QED) is 0.669. The zero-order valence-corrected chi connectivity index (χ0v) is 14.1. The first kappa shape index (κ1) is 18.1. The fourth-order valence-electron chi connectivity index (χ4n) is 1.83. The molecule has 0 aliphatic carbocycles. The van der Waals surface area contributed by atoms with Crippen LogP contribution in [0.1, 0.15) is 32.8 Å². The molecule has 0 fully saturated rings. The van der Waals surface area contributed by atoms with Crippen LogP contribution in [0.15, 0.2) is 12.1 Å². The molecular formula is C16H26ClNO3. The summed E-state index contributed by atoms with van der Waals surface area (Å²) in [6.07, 6.45) is 1.01. The van der Waals surface area contributed by atoms with Crippen LogP contribution in [0.5, 0.6) is 11.5 Å². The van der Waals surface area contributed by atoms with Gasteiger partial charge >= 0.3 is 0 Å². The van der Waals surface area contributed by atoms with Crippen LogP contribution in [0.25, 0.3) is 0 Å². The molecule has 0 radical (unpaired) electrons. The number of halogens is 1. The third kappa shape index (κ3) is 6.55. The van der Waals surface area contributed by atoms with Crippen LogP contribution in [0.2, 0.25) is 5.02 Å². The summed E-state index contributed by atoms with van der Waals surface area (Å²) < 4.78 is 16.7. The van der Waals surface area contributed by atoms with Gasteiger partial charge in [-0.25, -0.2) is 0 Å². The normalized spacial score (nSPS) is 11.0. The standard InChI is InChI=1S/C16H26ClNO3/c1-5-6-20-7-8-21-16-13(11-18-12(2)3)9-14(17)10-15(16)19-4/h9-10,12,18H,5-8,11H2,1-4H3. The van der Waals surface area contributed by atoms with Gasteiger partial charge in [0.1, 0.15) is 6.61 Å². The van der Waals surface area contributed by atoms with Crippen molar-refractivity contribution in [1.29, 1.82) is 0 Å². The summed E-state index contributed by atoms with van der Waals surface area (Å²) in [7, 11) is 1.62. The van der Waals surface area contributed by atoms with Gasteiger partial charge in [0.2, 0.25) is 0 Å². The first-order valence-corrected chi connectivity index (χ1v) is 7.76. The maximum Gasteiger partial charge on any atom is 0.165 e.